The molecule has 49 heavy (non-hydrogen) atoms. The fraction of sp³-hybridized carbons (Fsp3) is 0.667. The molecule has 13 heteroatoms. The molecule has 11 nitrogen and oxygen atoms in total. The maximum Gasteiger partial charge on any atom is 0.316 e. The molecule has 1 aliphatic heterocycles. The number of hydrogen-bond donors (Lipinski definition) is 3. The normalized spacial score (nSPS) is 32.0. The smallest absolute Gasteiger partial charge is 0.316 e. The van der Waals surface area contributed by atoms with E-state index in [0.29, 0.717) is 50.3 Å². The molecule has 4 N–H and O–H groups in total. The van der Waals surface area contributed by atoms with Crippen LogP contribution in [0, 0.1) is 30.2 Å². The molecule has 268 valence electrons. The highest BCUT2D eigenvalue weighted by molar-refractivity contribution is 6.15. The molecule has 0 spiro atoms. The number of methoxy groups -OCH3 is 1. The molecular formula is C36H54BFN6O5. The Kier molecular flexibility index (Phi) is 14.2. The zero-order chi connectivity index (χ0) is 36.5. The second kappa shape index (κ2) is 17.5. The Morgan fingerprint density at radius 2 is 1.98 bits per heavy atom. The third-order valence-corrected chi connectivity index (χ3v) is 10.1. The van der Waals surface area contributed by atoms with Crippen molar-refractivity contribution in [2.45, 2.75) is 109 Å². The molecule has 1 aliphatic rings. The molecule has 0 saturated carbocycles. The Bertz CT molecular complexity index is 1430. The molecule has 2 aromatic rings. The van der Waals surface area contributed by atoms with E-state index in [1.54, 1.807) is 23.6 Å². The molecule has 1 saturated heterocycles. The zero-order valence-corrected chi connectivity index (χ0v) is 30.1. The lowest BCUT2D eigenvalue weighted by Crippen LogP contribution is -2.64. The average Bonchev–Trinajstić information content (AvgIpc) is 3.55. The van der Waals surface area contributed by atoms with Crippen LogP contribution in [0.4, 0.5) is 10.1 Å². The molecule has 0 unspecified atom stereocenters. The minimum Gasteiger partial charge on any atom is -0.459 e. The van der Waals surface area contributed by atoms with Gasteiger partial charge < -0.3 is 30.5 Å². The summed E-state index contributed by atoms with van der Waals surface area (Å²) < 4.78 is 27.4. The lowest BCUT2D eigenvalue weighted by atomic mass is 9.62. The molecule has 0 bridgehead atoms. The maximum absolute atomic E-state index is 14.0. The number of alkyl halides is 1. The number of aliphatic hydroxyl groups is 1. The lowest BCUT2D eigenvalue weighted by molar-refractivity contribution is -0.179. The van der Waals surface area contributed by atoms with Crippen molar-refractivity contribution in [2.24, 2.45) is 17.8 Å². The van der Waals surface area contributed by atoms with Crippen LogP contribution in [0.15, 0.2) is 30.5 Å². The van der Waals surface area contributed by atoms with Crippen molar-refractivity contribution in [3.63, 3.8) is 0 Å². The number of nitrogens with two attached hydrogens (primary N) is 1. The number of rotatable bonds is 10. The van der Waals surface area contributed by atoms with Gasteiger partial charge in [0.1, 0.15) is 29.1 Å². The van der Waals surface area contributed by atoms with Gasteiger partial charge in [0.15, 0.2) is 0 Å². The first-order chi connectivity index (χ1) is 23.1. The van der Waals surface area contributed by atoms with E-state index in [1.807, 2.05) is 51.2 Å². The number of anilines is 1. The molecule has 0 amide bonds. The van der Waals surface area contributed by atoms with E-state index < -0.39 is 65.5 Å². The van der Waals surface area contributed by atoms with Gasteiger partial charge in [0.05, 0.1) is 32.4 Å². The number of nitrogens with zero attached hydrogens (tertiary/aromatic N) is 4. The fourth-order valence-corrected chi connectivity index (χ4v) is 7.01. The summed E-state index contributed by atoms with van der Waals surface area (Å²) in [6.45, 7) is 11.0. The van der Waals surface area contributed by atoms with E-state index in [2.05, 4.69) is 21.7 Å². The third-order valence-electron chi connectivity index (χ3n) is 10.1. The van der Waals surface area contributed by atoms with Crippen molar-refractivity contribution in [3.8, 4) is 23.7 Å². The molecule has 1 aromatic carbocycles. The van der Waals surface area contributed by atoms with Crippen LogP contribution < -0.4 is 11.1 Å². The number of aryl methyl sites for hydroxylation is 1. The fourth-order valence-electron chi connectivity index (χ4n) is 7.01. The van der Waals surface area contributed by atoms with Crippen LogP contribution in [0.2, 0.25) is 5.82 Å². The molecule has 1 aromatic heterocycles. The highest BCUT2D eigenvalue weighted by Gasteiger charge is 2.48. The van der Waals surface area contributed by atoms with Crippen LogP contribution in [0.1, 0.15) is 67.2 Å². The lowest BCUT2D eigenvalue weighted by Gasteiger charge is -2.46. The van der Waals surface area contributed by atoms with Crippen molar-refractivity contribution in [3.05, 3.63) is 30.5 Å². The molecule has 3 rings (SSSR count). The van der Waals surface area contributed by atoms with E-state index in [4.69, 9.17) is 29.5 Å². The van der Waals surface area contributed by atoms with E-state index >= 15 is 0 Å². The monoisotopic (exact) mass is 680 g/mol. The van der Waals surface area contributed by atoms with Crippen molar-refractivity contribution in [1.29, 1.82) is 0 Å². The van der Waals surface area contributed by atoms with Gasteiger partial charge >= 0.3 is 5.97 Å². The van der Waals surface area contributed by atoms with Crippen molar-refractivity contribution < 1.29 is 28.6 Å². The minimum absolute atomic E-state index is 0.0348. The quantitative estimate of drug-likeness (QED) is 0.0645. The van der Waals surface area contributed by atoms with Crippen LogP contribution in [-0.4, -0.2) is 101 Å². The number of nitrogens with one attached hydrogen (secondary N) is 1. The van der Waals surface area contributed by atoms with Gasteiger partial charge in [0.2, 0.25) is 0 Å². The summed E-state index contributed by atoms with van der Waals surface area (Å²) in [5, 5.41) is 24.2. The highest BCUT2D eigenvalue weighted by atomic mass is 19.1. The number of esters is 1. The number of carbonyl (C=O) groups is 2. The van der Waals surface area contributed by atoms with Crippen LogP contribution in [-0.2, 0) is 25.6 Å². The SMILES string of the molecule is [B][C@@H]1[C@@H](C)C(=O)[C@@H](C)C(=O)O[C@H](CCF)[C@@](C)(O)[C@H](N(C#C)CCCCn2cc(-c3cccc(N)c3)nn2)[C@@H](C)NC[C@H](C)C[C@@]1(C)OC. The summed E-state index contributed by atoms with van der Waals surface area (Å²) in [6, 6.07) is 8.92. The average molecular weight is 681 g/mol. The third kappa shape index (κ3) is 9.83. The van der Waals surface area contributed by atoms with Gasteiger partial charge in [-0.1, -0.05) is 37.6 Å². The van der Waals surface area contributed by atoms with Crippen LogP contribution >= 0.6 is 0 Å². The molecule has 0 aliphatic carbocycles. The number of aromatic nitrogens is 3. The summed E-state index contributed by atoms with van der Waals surface area (Å²) in [7, 11) is 8.17. The Balaban J connectivity index is 1.86. The van der Waals surface area contributed by atoms with Crippen LogP contribution in [0.25, 0.3) is 11.3 Å². The first kappa shape index (κ1) is 40.0. The summed E-state index contributed by atoms with van der Waals surface area (Å²) in [4.78, 5) is 28.6. The molecule has 9 atom stereocenters. The Labute approximate surface area is 292 Å². The van der Waals surface area contributed by atoms with Crippen molar-refractivity contribution in [2.75, 3.05) is 32.6 Å². The first-order valence-electron chi connectivity index (χ1n) is 17.1. The van der Waals surface area contributed by atoms with Crippen LogP contribution in [0.3, 0.4) is 0 Å². The number of cyclic esters (lactones) is 1. The molecule has 1 fully saturated rings. The topological polar surface area (TPSA) is 145 Å². The predicted molar refractivity (Wildman–Crippen MR) is 189 cm³/mol. The van der Waals surface area contributed by atoms with Crippen molar-refractivity contribution >= 4 is 25.3 Å². The Hall–Kier alpha value is -3.47. The van der Waals surface area contributed by atoms with E-state index in [1.165, 1.54) is 13.8 Å². The van der Waals surface area contributed by atoms with E-state index in [9.17, 15) is 19.1 Å². The maximum atomic E-state index is 14.0. The van der Waals surface area contributed by atoms with E-state index in [0.717, 1.165) is 5.56 Å². The summed E-state index contributed by atoms with van der Waals surface area (Å²) >= 11 is 0. The number of carbonyl (C=O) groups excluding carboxylic acids is 2. The van der Waals surface area contributed by atoms with E-state index in [-0.39, 0.29) is 12.3 Å². The van der Waals surface area contributed by atoms with Gasteiger partial charge in [0.25, 0.3) is 0 Å². The van der Waals surface area contributed by atoms with Gasteiger partial charge in [-0.2, -0.15) is 0 Å². The number of ketones is 1. The number of hydrogen-bond acceptors (Lipinski definition) is 10. The number of ether oxygens (including phenoxy) is 2. The molecular weight excluding hydrogens is 626 g/mol. The second-order valence-corrected chi connectivity index (χ2v) is 14.1. The Morgan fingerprint density at radius 3 is 2.61 bits per heavy atom. The van der Waals surface area contributed by atoms with Gasteiger partial charge in [-0.3, -0.25) is 18.7 Å². The predicted octanol–water partition coefficient (Wildman–Crippen LogP) is 3.81. The number of halogens is 1. The summed E-state index contributed by atoms with van der Waals surface area (Å²) in [5.41, 5.74) is 5.46. The standard InChI is InChI=1S/C36H54BFN6O5/c1-9-43(17-10-11-18-44-22-29(41-42-44)27-13-12-14-28(39)19-27)33-26(5)40-21-23(2)20-35(6,48-8)32(37)24(3)31(45)25(4)34(46)49-30(15-16-38)36(33,7)47/h1,12-14,19,22-26,30,32-33,40,47H,10-11,15-18,20-21,39H2,2-8H3/t23-,24+,25-,26-,30-,32-,33-,35-,36-/m1/s1. The summed E-state index contributed by atoms with van der Waals surface area (Å²) in [5.74, 6) is -3.88. The van der Waals surface area contributed by atoms with Gasteiger partial charge in [0, 0.05) is 55.9 Å². The van der Waals surface area contributed by atoms with Gasteiger partial charge in [-0.15, -0.1) is 5.10 Å². The number of benzene rings is 1. The van der Waals surface area contributed by atoms with Gasteiger partial charge in [-0.25, -0.2) is 0 Å². The number of Topliss-reactive ketones (excluding diaryl/α,β-unsaturated/α-hetero) is 1. The van der Waals surface area contributed by atoms with Gasteiger partial charge in [-0.05, 0) is 77.4 Å². The number of unbranched alkanes of at least 4 members (excludes halogenated alkanes) is 1. The first-order valence-corrected chi connectivity index (χ1v) is 17.1. The highest BCUT2D eigenvalue weighted by Crippen LogP contribution is 2.38. The second-order valence-electron chi connectivity index (χ2n) is 14.1. The minimum atomic E-state index is -1.81. The Morgan fingerprint density at radius 1 is 1.27 bits per heavy atom. The largest absolute Gasteiger partial charge is 0.459 e. The number of terminal acetylenes is 1. The molecule has 2 radical (unpaired) electrons. The number of nitrogen functional groups attached to an aromatic ring is 1. The molecule has 2 heterocycles. The zero-order valence-electron chi connectivity index (χ0n) is 30.1. The van der Waals surface area contributed by atoms with Crippen LogP contribution in [0.5, 0.6) is 0 Å². The van der Waals surface area contributed by atoms with Crippen molar-refractivity contribution in [1.82, 2.24) is 25.2 Å². The summed E-state index contributed by atoms with van der Waals surface area (Å²) in [6.07, 6.45) is 8.22.